The second kappa shape index (κ2) is 45.5. The highest BCUT2D eigenvalue weighted by atomic mass is 35.5. The van der Waals surface area contributed by atoms with Gasteiger partial charge in [0, 0.05) is 109 Å². The molecule has 0 radical (unpaired) electrons. The summed E-state index contributed by atoms with van der Waals surface area (Å²) in [4.78, 5) is 95.2. The number of rotatable bonds is 26. The van der Waals surface area contributed by atoms with E-state index in [1.54, 1.807) is 14.7 Å². The molecule has 3 fully saturated rings. The summed E-state index contributed by atoms with van der Waals surface area (Å²) in [6.45, 7) is 24.6. The first kappa shape index (κ1) is 92.4. The van der Waals surface area contributed by atoms with Crippen molar-refractivity contribution in [2.24, 2.45) is 17.8 Å². The first-order chi connectivity index (χ1) is 53.1. The lowest BCUT2D eigenvalue weighted by Gasteiger charge is -2.40. The molecule has 3 saturated heterocycles. The van der Waals surface area contributed by atoms with Crippen molar-refractivity contribution in [3.8, 4) is 34.5 Å². The Bertz CT molecular complexity index is 4260. The minimum absolute atomic E-state index is 0. The predicted molar refractivity (Wildman–Crippen MR) is 469 cm³/mol. The Morgan fingerprint density at radius 2 is 0.690 bits per heavy atom. The summed E-state index contributed by atoms with van der Waals surface area (Å²) in [5, 5.41) is 16.4. The highest BCUT2D eigenvalue weighted by molar-refractivity contribution is 7.10. The van der Waals surface area contributed by atoms with E-state index in [-0.39, 0.29) is 108 Å². The molecule has 3 aliphatic rings. The number of para-hydroxylation sites is 3. The molecule has 6 heterocycles. The molecule has 0 bridgehead atoms. The normalized spacial score (nSPS) is 16.1. The van der Waals surface area contributed by atoms with E-state index in [0.717, 1.165) is 81.0 Å². The summed E-state index contributed by atoms with van der Waals surface area (Å²) in [5.74, 6) is 3.68. The van der Waals surface area contributed by atoms with Crippen LogP contribution in [0.5, 0.6) is 34.5 Å². The van der Waals surface area contributed by atoms with Gasteiger partial charge in [-0.3, -0.25) is 43.5 Å². The van der Waals surface area contributed by atoms with Gasteiger partial charge in [-0.15, -0.1) is 106 Å². The molecule has 6 amide bonds. The third kappa shape index (κ3) is 25.1. The van der Waals surface area contributed by atoms with Gasteiger partial charge in [-0.05, 0) is 193 Å². The molecule has 3 aromatic heterocycles. The third-order valence-electron chi connectivity index (χ3n) is 19.3. The monoisotopic (exact) mass is 1710 g/mol. The molecular formula is C86H103Cl6N9O9S3. The number of carbonyl (C=O) groups excluding carboxylic acids is 6. The number of carbonyl (C=O) groups is 6. The van der Waals surface area contributed by atoms with Gasteiger partial charge in [-0.1, -0.05) is 114 Å². The fourth-order valence-electron chi connectivity index (χ4n) is 14.1. The number of ether oxygens (including phenoxy) is 3. The third-order valence-corrected chi connectivity index (χ3v) is 22.7. The van der Waals surface area contributed by atoms with Crippen LogP contribution < -0.4 is 44.9 Å². The van der Waals surface area contributed by atoms with Gasteiger partial charge >= 0.3 is 0 Å². The molecule has 0 aliphatic carbocycles. The van der Waals surface area contributed by atoms with E-state index in [0.29, 0.717) is 91.3 Å². The Balaban J connectivity index is 0.000000232. The Kier molecular flexibility index (Phi) is 37.2. The van der Waals surface area contributed by atoms with Crippen molar-refractivity contribution in [2.75, 3.05) is 91.2 Å². The van der Waals surface area contributed by atoms with Crippen molar-refractivity contribution < 1.29 is 43.0 Å². The molecular weight excluding hydrogens is 1610 g/mol. The van der Waals surface area contributed by atoms with Crippen LogP contribution in [0.2, 0.25) is 0 Å². The topological polar surface area (TPSA) is 186 Å². The first-order valence-electron chi connectivity index (χ1n) is 37.4. The summed E-state index contributed by atoms with van der Waals surface area (Å²) in [6, 6.07) is 55.0. The number of hydrogen-bond donors (Lipinski definition) is 3. The maximum atomic E-state index is 14.1. The zero-order chi connectivity index (χ0) is 78.4. The van der Waals surface area contributed by atoms with Crippen molar-refractivity contribution in [2.45, 2.75) is 111 Å². The van der Waals surface area contributed by atoms with Crippen molar-refractivity contribution in [1.29, 1.82) is 0 Å². The van der Waals surface area contributed by atoms with E-state index in [2.05, 4.69) is 57.5 Å². The average Bonchev–Trinajstić information content (AvgIpc) is 1.76. The predicted octanol–water partition coefficient (Wildman–Crippen LogP) is 18.9. The van der Waals surface area contributed by atoms with E-state index in [4.69, 9.17) is 49.0 Å². The maximum Gasteiger partial charge on any atom is 0.251 e. The summed E-state index contributed by atoms with van der Waals surface area (Å²) in [7, 11) is 0. The Labute approximate surface area is 711 Å². The summed E-state index contributed by atoms with van der Waals surface area (Å²) in [5.41, 5.74) is 4.39. The Hall–Kier alpha value is -7.74. The molecule has 6 atom stereocenters. The van der Waals surface area contributed by atoms with Gasteiger partial charge in [0.1, 0.15) is 70.3 Å². The molecule has 12 rings (SSSR count). The van der Waals surface area contributed by atoms with E-state index < -0.39 is 18.1 Å². The summed E-state index contributed by atoms with van der Waals surface area (Å²) < 4.78 is 18.0. The maximum absolute atomic E-state index is 14.1. The second-order valence-corrected chi connectivity index (χ2v) is 32.5. The van der Waals surface area contributed by atoms with E-state index in [9.17, 15) is 28.8 Å². The van der Waals surface area contributed by atoms with Crippen molar-refractivity contribution in [3.63, 3.8) is 0 Å². The SMILES string of the molecule is Cc1cc(Oc2ccccc2)ccc1N(C(=O)CCl)[C@@H](C(=O)N1CCN[C@@H](CC(C)C)C1)c1cccs1.Cc1cc(Oc2ccccc2)ccc1N(C(=O)CCl)[C@H](C(=O)N1CCN[C@@H](C(C)C)C1)c1cccs1.Cc1cc(Oc2ccccc2)ccc1N(C(=O)CCl)[C@H](C(=O)N1CCN[C@@H](CC(C)C)C1)c1cccs1.Cl.Cl.Cl. The second-order valence-electron chi connectivity index (χ2n) is 28.8. The minimum Gasteiger partial charge on any atom is -0.457 e. The van der Waals surface area contributed by atoms with Crippen molar-refractivity contribution in [1.82, 2.24) is 30.7 Å². The van der Waals surface area contributed by atoms with Crippen LogP contribution in [0.25, 0.3) is 0 Å². The van der Waals surface area contributed by atoms with Crippen LogP contribution in [0.3, 0.4) is 0 Å². The lowest BCUT2D eigenvalue weighted by Crippen LogP contribution is -2.57. The average molecular weight is 1720 g/mol. The number of benzene rings is 6. The lowest BCUT2D eigenvalue weighted by atomic mass is 10.0. The highest BCUT2D eigenvalue weighted by Crippen LogP contribution is 2.41. The van der Waals surface area contributed by atoms with E-state index in [1.807, 2.05) is 234 Å². The van der Waals surface area contributed by atoms with Crippen LogP contribution in [0.4, 0.5) is 17.1 Å². The molecule has 606 valence electrons. The standard InChI is InChI=1S/2C29H34ClN3O3S.C28H32ClN3O3S.3ClH/c2*1-20(2)16-22-19-32(14-13-31-22)29(35)28(26-10-7-15-37-26)33(27(34)18-30)25-12-11-24(17-21(25)3)36-23-8-5-4-6-9-23;1-19(2)23-18-31(14-13-30-23)28(34)27(25-10-7-15-36-25)32(26(33)17-29)24-12-11-22(16-20(24)3)35-21-8-5-4-6-9-21;;;/h2*4-12,15,17,20,22,28,31H,13-14,16,18-19H2,1-3H3;4-12,15-16,19,23,27,30H,13-14,17-18H2,1-3H3;3*1H/t22-,28+;22-,28-;23-,27+;;;/m001.../s1. The van der Waals surface area contributed by atoms with Gasteiger partial charge in [0.25, 0.3) is 17.7 Å². The quantitative estimate of drug-likeness (QED) is 0.0436. The lowest BCUT2D eigenvalue weighted by molar-refractivity contribution is -0.136. The Morgan fingerprint density at radius 1 is 0.398 bits per heavy atom. The van der Waals surface area contributed by atoms with Crippen molar-refractivity contribution in [3.05, 3.63) is 229 Å². The van der Waals surface area contributed by atoms with Crippen LogP contribution >= 0.6 is 106 Å². The molecule has 0 spiro atoms. The van der Waals surface area contributed by atoms with Crippen LogP contribution in [0.15, 0.2) is 198 Å². The van der Waals surface area contributed by atoms with Crippen LogP contribution in [0, 0.1) is 38.5 Å². The number of piperazine rings is 3. The molecule has 3 aliphatic heterocycles. The number of alkyl halides is 3. The molecule has 9 aromatic rings. The van der Waals surface area contributed by atoms with Crippen LogP contribution in [0.1, 0.15) is 104 Å². The number of halogens is 6. The Morgan fingerprint density at radius 3 is 0.947 bits per heavy atom. The van der Waals surface area contributed by atoms with E-state index in [1.165, 1.54) is 34.0 Å². The van der Waals surface area contributed by atoms with Gasteiger partial charge in [0.15, 0.2) is 0 Å². The zero-order valence-corrected chi connectivity index (χ0v) is 72.3. The first-order valence-corrected chi connectivity index (χ1v) is 41.7. The molecule has 0 saturated carbocycles. The summed E-state index contributed by atoms with van der Waals surface area (Å²) >= 11 is 22.7. The summed E-state index contributed by atoms with van der Waals surface area (Å²) in [6.07, 6.45) is 1.97. The fourth-order valence-corrected chi connectivity index (χ4v) is 16.9. The zero-order valence-electron chi connectivity index (χ0n) is 65.1. The molecule has 6 aromatic carbocycles. The number of anilines is 3. The fraction of sp³-hybridized carbons (Fsp3) is 0.372. The van der Waals surface area contributed by atoms with Gasteiger partial charge in [-0.2, -0.15) is 0 Å². The van der Waals surface area contributed by atoms with Crippen LogP contribution in [-0.2, 0) is 28.8 Å². The molecule has 18 nitrogen and oxygen atoms in total. The van der Waals surface area contributed by atoms with Crippen molar-refractivity contribution >= 4 is 159 Å². The van der Waals surface area contributed by atoms with E-state index >= 15 is 0 Å². The number of nitrogens with one attached hydrogen (secondary N) is 3. The van der Waals surface area contributed by atoms with Crippen LogP contribution in [-0.4, -0.2) is 145 Å². The van der Waals surface area contributed by atoms with Gasteiger partial charge in [0.05, 0.1) is 0 Å². The molecule has 113 heavy (non-hydrogen) atoms. The number of thiophene rings is 3. The number of nitrogens with zero attached hydrogens (tertiary/aromatic N) is 6. The van der Waals surface area contributed by atoms with Gasteiger partial charge in [-0.25, -0.2) is 0 Å². The van der Waals surface area contributed by atoms with Gasteiger partial charge in [0.2, 0.25) is 17.7 Å². The molecule has 3 N–H and O–H groups in total. The molecule has 27 heteroatoms. The van der Waals surface area contributed by atoms with Gasteiger partial charge < -0.3 is 44.9 Å². The number of aryl methyl sites for hydroxylation is 3. The minimum atomic E-state index is -0.790. The number of amides is 6. The largest absolute Gasteiger partial charge is 0.457 e. The number of hydrogen-bond acceptors (Lipinski definition) is 15. The highest BCUT2D eigenvalue weighted by Gasteiger charge is 2.42. The molecule has 0 unspecified atom stereocenters. The smallest absolute Gasteiger partial charge is 0.251 e.